The Morgan fingerprint density at radius 3 is 1.71 bits per heavy atom. The molecule has 0 aromatic carbocycles. The van der Waals surface area contributed by atoms with Gasteiger partial charge in [-0.1, -0.05) is 0 Å². The third-order valence-corrected chi connectivity index (χ3v) is 3.88. The van der Waals surface area contributed by atoms with Crippen LogP contribution in [0.5, 0.6) is 0 Å². The van der Waals surface area contributed by atoms with E-state index in [9.17, 15) is 30.6 Å². The fourth-order valence-electron chi connectivity index (χ4n) is 1.63. The van der Waals surface area contributed by atoms with Gasteiger partial charge >= 0.3 is 0 Å². The number of hydrogen-bond acceptors (Lipinski definition) is 9. The van der Waals surface area contributed by atoms with Gasteiger partial charge in [-0.25, -0.2) is 0 Å². The van der Waals surface area contributed by atoms with Gasteiger partial charge in [0, 0.05) is 0 Å². The van der Waals surface area contributed by atoms with Gasteiger partial charge in [-0.15, -0.1) is 0 Å². The molecular formula is C10H20BIO9. The van der Waals surface area contributed by atoms with Crippen LogP contribution in [0.3, 0.4) is 0 Å². The topological polar surface area (TPSA) is 160 Å². The Morgan fingerprint density at radius 2 is 1.33 bits per heavy atom. The molecule has 2 radical (unpaired) electrons. The molecule has 0 saturated carbocycles. The van der Waals surface area contributed by atoms with Crippen molar-refractivity contribution in [3.05, 3.63) is 0 Å². The van der Waals surface area contributed by atoms with Gasteiger partial charge in [0.15, 0.2) is 0 Å². The van der Waals surface area contributed by atoms with Crippen LogP contribution < -0.4 is 0 Å². The third kappa shape index (κ3) is 5.86. The molecule has 0 saturated heterocycles. The van der Waals surface area contributed by atoms with Gasteiger partial charge in [0.05, 0.1) is 18.8 Å². The Kier molecular flexibility index (Phi) is 10.5. The molecule has 0 spiro atoms. The largest absolute Gasteiger partial charge is 0.440 e. The molecule has 9 nitrogen and oxygen atoms in total. The maximum absolute atomic E-state index is 9.76. The SMILES string of the molecule is [B]OC(C(O)CO)C(O)C(O)C(O)C(O)C(O)C(C)OI. The first-order valence-electron chi connectivity index (χ1n) is 6.05. The molecule has 11 heteroatoms. The van der Waals surface area contributed by atoms with Crippen molar-refractivity contribution in [3.63, 3.8) is 0 Å². The van der Waals surface area contributed by atoms with Crippen LogP contribution in [0.2, 0.25) is 0 Å². The lowest BCUT2D eigenvalue weighted by molar-refractivity contribution is -0.170. The Bertz CT molecular complexity index is 287. The summed E-state index contributed by atoms with van der Waals surface area (Å²) in [5.41, 5.74) is 0. The van der Waals surface area contributed by atoms with E-state index >= 15 is 0 Å². The second kappa shape index (κ2) is 10.3. The van der Waals surface area contributed by atoms with Crippen LogP contribution in [0.25, 0.3) is 0 Å². The van der Waals surface area contributed by atoms with E-state index in [1.807, 2.05) is 0 Å². The molecule has 8 atom stereocenters. The van der Waals surface area contributed by atoms with Gasteiger partial charge < -0.3 is 43.5 Å². The van der Waals surface area contributed by atoms with E-state index in [0.717, 1.165) is 0 Å². The highest BCUT2D eigenvalue weighted by Crippen LogP contribution is 2.17. The van der Waals surface area contributed by atoms with Crippen LogP contribution in [-0.4, -0.2) is 99.2 Å². The van der Waals surface area contributed by atoms with Crippen LogP contribution >= 0.6 is 23.0 Å². The Hall–Kier alpha value is 0.435. The number of rotatable bonds is 10. The molecule has 21 heavy (non-hydrogen) atoms. The average Bonchev–Trinajstić information content (AvgIpc) is 2.51. The van der Waals surface area contributed by atoms with Gasteiger partial charge in [0.2, 0.25) is 0 Å². The monoisotopic (exact) mass is 422 g/mol. The van der Waals surface area contributed by atoms with Crippen molar-refractivity contribution in [1.82, 2.24) is 0 Å². The van der Waals surface area contributed by atoms with E-state index < -0.39 is 55.4 Å². The van der Waals surface area contributed by atoms with E-state index in [1.54, 1.807) is 0 Å². The Morgan fingerprint density at radius 1 is 0.905 bits per heavy atom. The highest BCUT2D eigenvalue weighted by atomic mass is 127. The van der Waals surface area contributed by atoms with Crippen LogP contribution in [-0.2, 0) is 7.72 Å². The molecule has 0 aliphatic rings. The minimum Gasteiger partial charge on any atom is -0.440 e. The Labute approximate surface area is 137 Å². The third-order valence-electron chi connectivity index (χ3n) is 3.08. The van der Waals surface area contributed by atoms with E-state index in [0.29, 0.717) is 0 Å². The normalized spacial score (nSPS) is 23.7. The zero-order valence-corrected chi connectivity index (χ0v) is 13.4. The highest BCUT2D eigenvalue weighted by Gasteiger charge is 2.40. The van der Waals surface area contributed by atoms with Gasteiger partial charge in [-0.2, -0.15) is 0 Å². The van der Waals surface area contributed by atoms with Gasteiger partial charge in [-0.3, -0.25) is 0 Å². The predicted molar refractivity (Wildman–Crippen MR) is 78.3 cm³/mol. The van der Waals surface area contributed by atoms with Crippen molar-refractivity contribution in [1.29, 1.82) is 0 Å². The lowest BCUT2D eigenvalue weighted by Crippen LogP contribution is -2.56. The molecule has 0 aliphatic heterocycles. The summed E-state index contributed by atoms with van der Waals surface area (Å²) in [6.07, 6.45) is -13.4. The standard InChI is InChI=1S/C10H20BIO9/c1-3(21-12)5(15)6(16)7(17)8(18)9(19)10(20-11)4(14)2-13/h3-10,13-19H,2H2,1H3. The maximum atomic E-state index is 9.76. The molecule has 0 aromatic rings. The smallest absolute Gasteiger partial charge is 0.283 e. The van der Waals surface area contributed by atoms with Gasteiger partial charge in [0.1, 0.15) is 59.6 Å². The number of aliphatic hydroxyl groups is 7. The van der Waals surface area contributed by atoms with Gasteiger partial charge in [0.25, 0.3) is 8.05 Å². The first-order valence-corrected chi connectivity index (χ1v) is 6.93. The van der Waals surface area contributed by atoms with Crippen LogP contribution in [0, 0.1) is 0 Å². The Balaban J connectivity index is 4.84. The molecule has 124 valence electrons. The summed E-state index contributed by atoms with van der Waals surface area (Å²) in [5.74, 6) is 0. The molecule has 7 N–H and O–H groups in total. The summed E-state index contributed by atoms with van der Waals surface area (Å²) in [5, 5.41) is 66.8. The number of hydrogen-bond donors (Lipinski definition) is 7. The fraction of sp³-hybridized carbons (Fsp3) is 1.00. The molecule has 0 bridgehead atoms. The van der Waals surface area contributed by atoms with Crippen LogP contribution in [0.1, 0.15) is 6.92 Å². The summed E-state index contributed by atoms with van der Waals surface area (Å²) in [6.45, 7) is 0.601. The predicted octanol–water partition coefficient (Wildman–Crippen LogP) is -3.63. The van der Waals surface area contributed by atoms with Crippen molar-refractivity contribution in [2.45, 2.75) is 55.8 Å². The molecule has 0 amide bonds. The van der Waals surface area contributed by atoms with E-state index in [-0.39, 0.29) is 0 Å². The summed E-state index contributed by atoms with van der Waals surface area (Å²) in [7, 11) is 4.84. The minimum atomic E-state index is -2.01. The molecule has 8 unspecified atom stereocenters. The maximum Gasteiger partial charge on any atom is 0.283 e. The number of halogens is 1. The van der Waals surface area contributed by atoms with Crippen molar-refractivity contribution >= 4 is 31.1 Å². The fourth-order valence-corrected chi connectivity index (χ4v) is 1.93. The first kappa shape index (κ1) is 21.4. The second-order valence-corrected chi connectivity index (χ2v) is 5.11. The summed E-state index contributed by atoms with van der Waals surface area (Å²) in [6, 6.07) is 0. The van der Waals surface area contributed by atoms with Crippen molar-refractivity contribution in [2.75, 3.05) is 6.61 Å². The molecular weight excluding hydrogens is 402 g/mol. The van der Waals surface area contributed by atoms with Gasteiger partial charge in [-0.05, 0) is 6.92 Å². The molecule has 0 aliphatic carbocycles. The van der Waals surface area contributed by atoms with Crippen LogP contribution in [0.15, 0.2) is 0 Å². The lowest BCUT2D eigenvalue weighted by Gasteiger charge is -2.34. The number of aliphatic hydroxyl groups excluding tert-OH is 7. The van der Waals surface area contributed by atoms with E-state index in [4.69, 9.17) is 16.2 Å². The zero-order valence-electron chi connectivity index (χ0n) is 11.2. The minimum absolute atomic E-state index is 0.813. The summed E-state index contributed by atoms with van der Waals surface area (Å²) >= 11 is 1.48. The highest BCUT2D eigenvalue weighted by molar-refractivity contribution is 14.1. The summed E-state index contributed by atoms with van der Waals surface area (Å²) < 4.78 is 8.98. The molecule has 0 rings (SSSR count). The first-order chi connectivity index (χ1) is 9.72. The summed E-state index contributed by atoms with van der Waals surface area (Å²) in [4.78, 5) is 0. The quantitative estimate of drug-likeness (QED) is 0.139. The van der Waals surface area contributed by atoms with Crippen molar-refractivity contribution < 1.29 is 43.5 Å². The van der Waals surface area contributed by atoms with E-state index in [2.05, 4.69) is 4.65 Å². The molecule has 0 aromatic heterocycles. The van der Waals surface area contributed by atoms with Crippen molar-refractivity contribution in [3.8, 4) is 0 Å². The zero-order chi connectivity index (χ0) is 16.7. The van der Waals surface area contributed by atoms with E-state index in [1.165, 1.54) is 29.9 Å². The molecule has 0 heterocycles. The average molecular weight is 422 g/mol. The van der Waals surface area contributed by atoms with Crippen molar-refractivity contribution in [2.24, 2.45) is 0 Å². The van der Waals surface area contributed by atoms with Crippen LogP contribution in [0.4, 0.5) is 0 Å². The second-order valence-electron chi connectivity index (χ2n) is 4.60. The lowest BCUT2D eigenvalue weighted by atomic mass is 9.93. The molecule has 0 fully saturated rings.